The normalized spacial score (nSPS) is 10.4. The summed E-state index contributed by atoms with van der Waals surface area (Å²) in [6.45, 7) is 2.80. The summed E-state index contributed by atoms with van der Waals surface area (Å²) in [7, 11) is 1.27. The Bertz CT molecular complexity index is 1090. The number of aromatic amines is 1. The summed E-state index contributed by atoms with van der Waals surface area (Å²) in [5, 5.41) is 2.77. The van der Waals surface area contributed by atoms with Crippen molar-refractivity contribution >= 4 is 23.5 Å². The van der Waals surface area contributed by atoms with Crippen LogP contribution in [0.3, 0.4) is 0 Å². The Labute approximate surface area is 174 Å². The highest BCUT2D eigenvalue weighted by molar-refractivity contribution is 6.00. The van der Waals surface area contributed by atoms with E-state index >= 15 is 0 Å². The summed E-state index contributed by atoms with van der Waals surface area (Å²) in [5.74, 6) is -1.74. The number of nitrogens with one attached hydrogen (secondary N) is 2. The summed E-state index contributed by atoms with van der Waals surface area (Å²) >= 11 is 0. The fourth-order valence-corrected chi connectivity index (χ4v) is 3.21. The van der Waals surface area contributed by atoms with E-state index in [0.717, 1.165) is 11.1 Å². The molecular weight excluding hydrogens is 384 g/mol. The van der Waals surface area contributed by atoms with E-state index in [9.17, 15) is 14.4 Å². The van der Waals surface area contributed by atoms with Gasteiger partial charge in [0.05, 0.1) is 12.7 Å². The minimum absolute atomic E-state index is 0.116. The van der Waals surface area contributed by atoms with Crippen LogP contribution in [0, 0.1) is 13.8 Å². The summed E-state index contributed by atoms with van der Waals surface area (Å²) in [6.07, 6.45) is 0. The van der Waals surface area contributed by atoms with Crippen molar-refractivity contribution in [3.63, 3.8) is 0 Å². The van der Waals surface area contributed by atoms with E-state index in [1.807, 2.05) is 48.5 Å². The van der Waals surface area contributed by atoms with Gasteiger partial charge in [-0.3, -0.25) is 4.79 Å². The molecule has 0 saturated carbocycles. The van der Waals surface area contributed by atoms with E-state index in [1.165, 1.54) is 7.11 Å². The highest BCUT2D eigenvalue weighted by Gasteiger charge is 2.24. The first-order valence-corrected chi connectivity index (χ1v) is 9.31. The lowest BCUT2D eigenvalue weighted by molar-refractivity contribution is -0.119. The molecule has 2 aromatic carbocycles. The van der Waals surface area contributed by atoms with Crippen LogP contribution >= 0.6 is 0 Å². The van der Waals surface area contributed by atoms with Gasteiger partial charge in [0.1, 0.15) is 5.69 Å². The Hall–Kier alpha value is -3.87. The summed E-state index contributed by atoms with van der Waals surface area (Å²) in [4.78, 5) is 39.4. The number of rotatable bonds is 6. The number of ether oxygens (including phenoxy) is 2. The van der Waals surface area contributed by atoms with Gasteiger partial charge in [-0.05, 0) is 31.0 Å². The zero-order valence-corrected chi connectivity index (χ0v) is 16.9. The van der Waals surface area contributed by atoms with Crippen LogP contribution in [-0.2, 0) is 14.3 Å². The first-order chi connectivity index (χ1) is 14.4. The maximum atomic E-state index is 12.4. The second-order valence-electron chi connectivity index (χ2n) is 6.65. The molecule has 0 spiro atoms. The molecule has 0 unspecified atom stereocenters. The summed E-state index contributed by atoms with van der Waals surface area (Å²) in [6, 6.07) is 17.0. The van der Waals surface area contributed by atoms with E-state index in [4.69, 9.17) is 9.47 Å². The van der Waals surface area contributed by atoms with Crippen LogP contribution in [0.2, 0.25) is 0 Å². The fourth-order valence-electron chi connectivity index (χ4n) is 3.21. The van der Waals surface area contributed by atoms with Crippen LogP contribution in [-0.4, -0.2) is 36.5 Å². The van der Waals surface area contributed by atoms with Gasteiger partial charge < -0.3 is 19.8 Å². The number of methoxy groups -OCH3 is 1. The quantitative estimate of drug-likeness (QED) is 0.606. The number of anilines is 1. The maximum absolute atomic E-state index is 12.4. The van der Waals surface area contributed by atoms with Gasteiger partial charge in [-0.1, -0.05) is 48.5 Å². The Kier molecular flexibility index (Phi) is 6.32. The molecule has 30 heavy (non-hydrogen) atoms. The molecule has 0 saturated heterocycles. The van der Waals surface area contributed by atoms with Gasteiger partial charge in [0.15, 0.2) is 6.61 Å². The van der Waals surface area contributed by atoms with E-state index in [0.29, 0.717) is 16.9 Å². The van der Waals surface area contributed by atoms with E-state index in [1.54, 1.807) is 19.9 Å². The Morgan fingerprint density at radius 1 is 0.933 bits per heavy atom. The number of amides is 1. The molecule has 1 amide bonds. The molecule has 0 aliphatic carbocycles. The number of hydrogen-bond acceptors (Lipinski definition) is 5. The van der Waals surface area contributed by atoms with Crippen molar-refractivity contribution in [2.45, 2.75) is 13.8 Å². The number of aryl methyl sites for hydroxylation is 1. The molecule has 7 heteroatoms. The Morgan fingerprint density at radius 2 is 1.60 bits per heavy atom. The maximum Gasteiger partial charge on any atom is 0.355 e. The van der Waals surface area contributed by atoms with Gasteiger partial charge in [0.2, 0.25) is 0 Å². The lowest BCUT2D eigenvalue weighted by Crippen LogP contribution is -2.21. The molecule has 7 nitrogen and oxygen atoms in total. The van der Waals surface area contributed by atoms with Gasteiger partial charge in [0.25, 0.3) is 5.91 Å². The highest BCUT2D eigenvalue weighted by Crippen LogP contribution is 2.27. The van der Waals surface area contributed by atoms with Crippen molar-refractivity contribution < 1.29 is 23.9 Å². The van der Waals surface area contributed by atoms with Gasteiger partial charge in [-0.15, -0.1) is 0 Å². The zero-order valence-electron chi connectivity index (χ0n) is 16.9. The first kappa shape index (κ1) is 20.9. The van der Waals surface area contributed by atoms with Crippen molar-refractivity contribution in [2.24, 2.45) is 0 Å². The SMILES string of the molecule is COC(=O)c1c(C)[nH]c(C(=O)OCC(=O)Nc2ccccc2-c2ccccc2)c1C. The van der Waals surface area contributed by atoms with Gasteiger partial charge in [-0.2, -0.15) is 0 Å². The number of para-hydroxylation sites is 1. The number of carbonyl (C=O) groups excluding carboxylic acids is 3. The van der Waals surface area contributed by atoms with Gasteiger partial charge in [-0.25, -0.2) is 9.59 Å². The smallest absolute Gasteiger partial charge is 0.355 e. The number of esters is 2. The average molecular weight is 406 g/mol. The third-order valence-corrected chi connectivity index (χ3v) is 4.65. The van der Waals surface area contributed by atoms with E-state index in [-0.39, 0.29) is 11.3 Å². The van der Waals surface area contributed by atoms with Crippen LogP contribution in [0.1, 0.15) is 32.1 Å². The number of carbonyl (C=O) groups is 3. The molecule has 3 aromatic rings. The molecule has 0 aliphatic heterocycles. The van der Waals surface area contributed by atoms with Crippen LogP contribution < -0.4 is 5.32 Å². The molecule has 0 bridgehead atoms. The standard InChI is InChI=1S/C23H22N2O5/c1-14-20(22(27)29-3)15(2)24-21(14)23(28)30-13-19(26)25-18-12-8-7-11-17(18)16-9-5-4-6-10-16/h4-12,24H,13H2,1-3H3,(H,25,26). The predicted octanol–water partition coefficient (Wildman–Crippen LogP) is 3.88. The minimum atomic E-state index is -0.725. The van der Waals surface area contributed by atoms with Crippen molar-refractivity contribution in [3.8, 4) is 11.1 Å². The summed E-state index contributed by atoms with van der Waals surface area (Å²) in [5.41, 5.74) is 3.74. The first-order valence-electron chi connectivity index (χ1n) is 9.31. The van der Waals surface area contributed by atoms with E-state index < -0.39 is 24.5 Å². The minimum Gasteiger partial charge on any atom is -0.465 e. The van der Waals surface area contributed by atoms with Crippen molar-refractivity contribution in [2.75, 3.05) is 19.0 Å². The molecule has 3 rings (SSSR count). The summed E-state index contributed by atoms with van der Waals surface area (Å²) < 4.78 is 9.86. The third kappa shape index (κ3) is 4.41. The van der Waals surface area contributed by atoms with Crippen LogP contribution in [0.15, 0.2) is 54.6 Å². The molecule has 0 atom stereocenters. The molecule has 1 heterocycles. The monoisotopic (exact) mass is 406 g/mol. The topological polar surface area (TPSA) is 97.5 Å². The zero-order chi connectivity index (χ0) is 21.7. The number of H-pyrrole nitrogens is 1. The number of benzene rings is 2. The van der Waals surface area contributed by atoms with Crippen molar-refractivity contribution in [1.82, 2.24) is 4.98 Å². The van der Waals surface area contributed by atoms with E-state index in [2.05, 4.69) is 10.3 Å². The largest absolute Gasteiger partial charge is 0.465 e. The van der Waals surface area contributed by atoms with Crippen molar-refractivity contribution in [1.29, 1.82) is 0 Å². The predicted molar refractivity (Wildman–Crippen MR) is 112 cm³/mol. The molecule has 0 fully saturated rings. The lowest BCUT2D eigenvalue weighted by atomic mass is 10.0. The van der Waals surface area contributed by atoms with Crippen LogP contribution in [0.25, 0.3) is 11.1 Å². The Morgan fingerprint density at radius 3 is 2.30 bits per heavy atom. The van der Waals surface area contributed by atoms with Crippen molar-refractivity contribution in [3.05, 3.63) is 77.1 Å². The lowest BCUT2D eigenvalue weighted by Gasteiger charge is -2.11. The Balaban J connectivity index is 1.68. The molecule has 0 radical (unpaired) electrons. The van der Waals surface area contributed by atoms with Crippen LogP contribution in [0.5, 0.6) is 0 Å². The van der Waals surface area contributed by atoms with Gasteiger partial charge in [0, 0.05) is 16.9 Å². The molecule has 0 aliphatic rings. The second kappa shape index (κ2) is 9.09. The molecule has 2 N–H and O–H groups in total. The number of hydrogen-bond donors (Lipinski definition) is 2. The molecule has 154 valence electrons. The number of aromatic nitrogens is 1. The molecular formula is C23H22N2O5. The average Bonchev–Trinajstić information content (AvgIpc) is 3.06. The van der Waals surface area contributed by atoms with Gasteiger partial charge >= 0.3 is 11.9 Å². The third-order valence-electron chi connectivity index (χ3n) is 4.65. The second-order valence-corrected chi connectivity index (χ2v) is 6.65. The highest BCUT2D eigenvalue weighted by atomic mass is 16.5. The van der Waals surface area contributed by atoms with Crippen LogP contribution in [0.4, 0.5) is 5.69 Å². The fraction of sp³-hybridized carbons (Fsp3) is 0.174. The molecule has 1 aromatic heterocycles.